The van der Waals surface area contributed by atoms with E-state index >= 15 is 0 Å². The number of ether oxygens (including phenoxy) is 1. The molecule has 0 radical (unpaired) electrons. The zero-order valence-corrected chi connectivity index (χ0v) is 14.8. The maximum atomic E-state index is 12.2. The van der Waals surface area contributed by atoms with Gasteiger partial charge in [0.2, 0.25) is 5.91 Å². The fraction of sp³-hybridized carbons (Fsp3) is 0.529. The number of carbonyl (C=O) groups excluding carboxylic acids is 1. The highest BCUT2D eigenvalue weighted by atomic mass is 16.5. The van der Waals surface area contributed by atoms with E-state index in [2.05, 4.69) is 0 Å². The van der Waals surface area contributed by atoms with E-state index in [1.54, 1.807) is 12.1 Å². The predicted octanol–water partition coefficient (Wildman–Crippen LogP) is -0.585. The molecule has 5 N–H and O–H groups in total. The topological polar surface area (TPSA) is 143 Å². The van der Waals surface area contributed by atoms with Crippen LogP contribution in [0.5, 0.6) is 11.5 Å². The smallest absolute Gasteiger partial charge is 0.526 e. The summed E-state index contributed by atoms with van der Waals surface area (Å²) in [5, 5.41) is 28.8. The predicted molar refractivity (Wildman–Crippen MR) is 93.8 cm³/mol. The first-order valence-electron chi connectivity index (χ1n) is 8.83. The van der Waals surface area contributed by atoms with Crippen LogP contribution in [0.1, 0.15) is 35.2 Å². The molecule has 1 amide bonds. The van der Waals surface area contributed by atoms with Gasteiger partial charge >= 0.3 is 13.1 Å². The average Bonchev–Trinajstić information content (AvgIpc) is 3.38. The summed E-state index contributed by atoms with van der Waals surface area (Å²) in [6.45, 7) is 1.47. The first-order valence-corrected chi connectivity index (χ1v) is 8.83. The molecule has 10 heteroatoms. The molecule has 2 aliphatic heterocycles. The number of amides is 1. The minimum absolute atomic E-state index is 0.0224. The van der Waals surface area contributed by atoms with E-state index in [0.717, 1.165) is 12.0 Å². The van der Waals surface area contributed by atoms with Crippen molar-refractivity contribution >= 4 is 19.0 Å². The van der Waals surface area contributed by atoms with E-state index in [4.69, 9.17) is 15.1 Å². The van der Waals surface area contributed by atoms with E-state index in [-0.39, 0.29) is 53.9 Å². The standard InChI is InChI=1S/C17H21BN2O7/c1-17(19,7-21)16(24)20-5-8(6-20)26-12-3-2-9-10-4-11(10)18(25)27-14(9)13(12)15(22)23/h2-3,8,10-11,21,25H,4-7,19H2,1H3,(H,22,23)/t10?,11-,17?/m1/s1. The third-order valence-electron chi connectivity index (χ3n) is 5.45. The summed E-state index contributed by atoms with van der Waals surface area (Å²) in [6.07, 6.45) is 0.386. The highest BCUT2D eigenvalue weighted by Crippen LogP contribution is 2.60. The number of aliphatic hydroxyl groups excluding tert-OH is 1. The number of aromatic carboxylic acids is 1. The number of nitrogens with zero attached hydrogens (tertiary/aromatic N) is 1. The lowest BCUT2D eigenvalue weighted by Crippen LogP contribution is -2.64. The molecular formula is C17H21BN2O7. The lowest BCUT2D eigenvalue weighted by atomic mass is 9.77. The Hall–Kier alpha value is -2.30. The van der Waals surface area contributed by atoms with E-state index in [9.17, 15) is 24.8 Å². The monoisotopic (exact) mass is 376 g/mol. The van der Waals surface area contributed by atoms with Crippen molar-refractivity contribution in [2.45, 2.75) is 36.7 Å². The van der Waals surface area contributed by atoms with E-state index in [1.807, 2.05) is 0 Å². The van der Waals surface area contributed by atoms with Crippen molar-refractivity contribution in [2.24, 2.45) is 5.73 Å². The SMILES string of the molecule is CC(N)(CO)C(=O)N1CC(Oc2ccc3c(c2C(=O)O)OB(O)[C@@H]2CC32)C1. The zero-order chi connectivity index (χ0) is 19.5. The van der Waals surface area contributed by atoms with Crippen LogP contribution in [0.4, 0.5) is 0 Å². The molecular weight excluding hydrogens is 355 g/mol. The van der Waals surface area contributed by atoms with Crippen LogP contribution in [0, 0.1) is 0 Å². The summed E-state index contributed by atoms with van der Waals surface area (Å²) in [5.41, 5.74) is 5.05. The van der Waals surface area contributed by atoms with Crippen LogP contribution in [0.2, 0.25) is 5.82 Å². The van der Waals surface area contributed by atoms with Gasteiger partial charge in [-0.15, -0.1) is 0 Å². The largest absolute Gasteiger partial charge is 0.535 e. The minimum atomic E-state index is -1.35. The number of nitrogens with two attached hydrogens (primary N) is 1. The molecule has 1 aliphatic carbocycles. The van der Waals surface area contributed by atoms with Crippen LogP contribution in [0.15, 0.2) is 12.1 Å². The van der Waals surface area contributed by atoms with Crippen molar-refractivity contribution in [3.63, 3.8) is 0 Å². The van der Waals surface area contributed by atoms with Gasteiger partial charge in [-0.25, -0.2) is 4.79 Å². The fourth-order valence-electron chi connectivity index (χ4n) is 3.68. The number of likely N-dealkylation sites (tertiary alicyclic amines) is 1. The van der Waals surface area contributed by atoms with Crippen molar-refractivity contribution in [1.29, 1.82) is 0 Å². The van der Waals surface area contributed by atoms with Gasteiger partial charge in [-0.2, -0.15) is 0 Å². The molecule has 2 heterocycles. The number of carboxylic acid groups (broad SMARTS) is 1. The lowest BCUT2D eigenvalue weighted by Gasteiger charge is -2.42. The quantitative estimate of drug-likeness (QED) is 0.500. The zero-order valence-electron chi connectivity index (χ0n) is 14.8. The fourth-order valence-corrected chi connectivity index (χ4v) is 3.68. The number of carbonyl (C=O) groups is 2. The van der Waals surface area contributed by atoms with E-state index in [0.29, 0.717) is 0 Å². The van der Waals surface area contributed by atoms with Gasteiger partial charge in [0.1, 0.15) is 28.7 Å². The van der Waals surface area contributed by atoms with Gasteiger partial charge in [-0.3, -0.25) is 4.79 Å². The van der Waals surface area contributed by atoms with Crippen LogP contribution < -0.4 is 15.1 Å². The summed E-state index contributed by atoms with van der Waals surface area (Å²) in [4.78, 5) is 25.4. The Morgan fingerprint density at radius 3 is 2.78 bits per heavy atom. The van der Waals surface area contributed by atoms with E-state index in [1.165, 1.54) is 11.8 Å². The molecule has 0 spiro atoms. The number of rotatable bonds is 5. The van der Waals surface area contributed by atoms with E-state index < -0.39 is 25.2 Å². The molecule has 4 rings (SSSR count). The summed E-state index contributed by atoms with van der Waals surface area (Å²) in [5.74, 6) is -1.14. The van der Waals surface area contributed by atoms with Gasteiger partial charge in [-0.05, 0) is 30.9 Å². The summed E-state index contributed by atoms with van der Waals surface area (Å²) < 4.78 is 11.2. The minimum Gasteiger partial charge on any atom is -0.535 e. The number of aliphatic hydroxyl groups is 1. The second kappa shape index (κ2) is 6.11. The average molecular weight is 376 g/mol. The van der Waals surface area contributed by atoms with Crippen LogP contribution in [0.3, 0.4) is 0 Å². The molecule has 2 fully saturated rings. The Morgan fingerprint density at radius 2 is 2.15 bits per heavy atom. The Bertz CT molecular complexity index is 809. The Labute approximate surface area is 155 Å². The van der Waals surface area contributed by atoms with Crippen LogP contribution in [-0.2, 0) is 4.79 Å². The normalized spacial score (nSPS) is 25.5. The van der Waals surface area contributed by atoms with Crippen LogP contribution >= 0.6 is 0 Å². The van der Waals surface area contributed by atoms with Gasteiger partial charge in [0.25, 0.3) is 0 Å². The number of benzene rings is 1. The first-order chi connectivity index (χ1) is 12.7. The molecule has 0 aromatic heterocycles. The molecule has 3 aliphatic rings. The number of hydrogen-bond acceptors (Lipinski definition) is 7. The van der Waals surface area contributed by atoms with Gasteiger partial charge in [0.15, 0.2) is 0 Å². The Balaban J connectivity index is 1.50. The molecule has 3 atom stereocenters. The lowest BCUT2D eigenvalue weighted by molar-refractivity contribution is -0.146. The maximum absolute atomic E-state index is 12.2. The Morgan fingerprint density at radius 1 is 1.44 bits per heavy atom. The van der Waals surface area contributed by atoms with Crippen molar-refractivity contribution in [3.8, 4) is 11.5 Å². The molecule has 1 aromatic rings. The summed E-state index contributed by atoms with van der Waals surface area (Å²) in [6, 6.07) is 3.38. The van der Waals surface area contributed by atoms with Gasteiger partial charge in [0, 0.05) is 5.82 Å². The summed E-state index contributed by atoms with van der Waals surface area (Å²) >= 11 is 0. The van der Waals surface area contributed by atoms with Crippen LogP contribution in [-0.4, -0.2) is 70.5 Å². The molecule has 144 valence electrons. The second-order valence-corrected chi connectivity index (χ2v) is 7.70. The number of carboxylic acids is 1. The van der Waals surface area contributed by atoms with Crippen molar-refractivity contribution in [3.05, 3.63) is 23.3 Å². The third-order valence-corrected chi connectivity index (χ3v) is 5.45. The Kier molecular flexibility index (Phi) is 4.10. The van der Waals surface area contributed by atoms with Crippen molar-refractivity contribution < 1.29 is 34.2 Å². The van der Waals surface area contributed by atoms with Gasteiger partial charge in [-0.1, -0.05) is 6.07 Å². The van der Waals surface area contributed by atoms with Gasteiger partial charge < -0.3 is 35.3 Å². The molecule has 1 saturated carbocycles. The molecule has 1 saturated heterocycles. The molecule has 2 unspecified atom stereocenters. The molecule has 0 bridgehead atoms. The molecule has 27 heavy (non-hydrogen) atoms. The molecule has 1 aromatic carbocycles. The number of fused-ring (bicyclic) bond motifs is 3. The van der Waals surface area contributed by atoms with Crippen molar-refractivity contribution in [1.82, 2.24) is 4.90 Å². The second-order valence-electron chi connectivity index (χ2n) is 7.70. The highest BCUT2D eigenvalue weighted by Gasteiger charge is 2.54. The summed E-state index contributed by atoms with van der Waals surface area (Å²) in [7, 11) is -1.01. The van der Waals surface area contributed by atoms with Crippen molar-refractivity contribution in [2.75, 3.05) is 19.7 Å². The number of hydrogen-bond donors (Lipinski definition) is 4. The highest BCUT2D eigenvalue weighted by molar-refractivity contribution is 6.48. The maximum Gasteiger partial charge on any atom is 0.526 e. The van der Waals surface area contributed by atoms with Crippen LogP contribution in [0.25, 0.3) is 0 Å². The molecule has 9 nitrogen and oxygen atoms in total. The van der Waals surface area contributed by atoms with Gasteiger partial charge in [0.05, 0.1) is 19.7 Å². The first kappa shape index (κ1) is 18.1. The third kappa shape index (κ3) is 2.93.